The number of nitrogens with one attached hydrogen (secondary N) is 1. The Morgan fingerprint density at radius 3 is 2.72 bits per heavy atom. The minimum atomic E-state index is -0.463. The highest BCUT2D eigenvalue weighted by atomic mass is 19.1. The lowest BCUT2D eigenvalue weighted by atomic mass is 10.0. The number of urea groups is 1. The van der Waals surface area contributed by atoms with Crippen molar-refractivity contribution in [3.05, 3.63) is 83.6 Å². The molecule has 0 atom stereocenters. The maximum Gasteiger partial charge on any atom is 0.322 e. The number of aryl methyl sites for hydroxylation is 1. The number of hydrogen-bond donors (Lipinski definition) is 1. The molecule has 5 rings (SSSR count). The van der Waals surface area contributed by atoms with E-state index in [1.54, 1.807) is 29.4 Å². The molecule has 0 bridgehead atoms. The van der Waals surface area contributed by atoms with Crippen molar-refractivity contribution in [2.24, 2.45) is 7.05 Å². The van der Waals surface area contributed by atoms with Gasteiger partial charge in [-0.15, -0.1) is 10.2 Å². The average Bonchev–Trinajstić information content (AvgIpc) is 3.39. The van der Waals surface area contributed by atoms with E-state index in [-0.39, 0.29) is 11.7 Å². The number of carbonyl (C=O) groups excluding carboxylic acids is 1. The maximum absolute atomic E-state index is 14.0. The molecule has 0 radical (unpaired) electrons. The first-order valence-electron chi connectivity index (χ1n) is 10.4. The Kier molecular flexibility index (Phi) is 5.14. The SMILES string of the molecule is Cn1nc(-c2nncn2Cc2ccccc2)c2c1CCN(C(=O)Nc1ccccc1F)C2. The molecule has 3 heterocycles. The van der Waals surface area contributed by atoms with Crippen molar-refractivity contribution in [1.29, 1.82) is 0 Å². The number of benzene rings is 2. The Morgan fingerprint density at radius 1 is 1.12 bits per heavy atom. The first kappa shape index (κ1) is 19.9. The fraction of sp³-hybridized carbons (Fsp3) is 0.217. The summed E-state index contributed by atoms with van der Waals surface area (Å²) in [6.45, 7) is 1.49. The van der Waals surface area contributed by atoms with Crippen LogP contribution in [0.3, 0.4) is 0 Å². The summed E-state index contributed by atoms with van der Waals surface area (Å²) in [6.07, 6.45) is 2.34. The number of nitrogens with zero attached hydrogens (tertiary/aromatic N) is 6. The molecule has 162 valence electrons. The summed E-state index contributed by atoms with van der Waals surface area (Å²) in [7, 11) is 1.90. The molecule has 0 fully saturated rings. The van der Waals surface area contributed by atoms with Gasteiger partial charge in [0.15, 0.2) is 5.82 Å². The van der Waals surface area contributed by atoms with Crippen LogP contribution in [0.15, 0.2) is 60.9 Å². The minimum absolute atomic E-state index is 0.164. The summed E-state index contributed by atoms with van der Waals surface area (Å²) in [5.41, 5.74) is 4.00. The molecular formula is C23H22FN7O. The monoisotopic (exact) mass is 431 g/mol. The highest BCUT2D eigenvalue weighted by Gasteiger charge is 2.29. The molecule has 0 spiro atoms. The normalized spacial score (nSPS) is 13.1. The Hall–Kier alpha value is -4.01. The minimum Gasteiger partial charge on any atom is -0.320 e. The third-order valence-corrected chi connectivity index (χ3v) is 5.67. The van der Waals surface area contributed by atoms with Crippen LogP contribution in [-0.2, 0) is 26.6 Å². The second-order valence-corrected chi connectivity index (χ2v) is 7.75. The van der Waals surface area contributed by atoms with Gasteiger partial charge in [-0.05, 0) is 17.7 Å². The number of aromatic nitrogens is 5. The number of amides is 2. The largest absolute Gasteiger partial charge is 0.322 e. The van der Waals surface area contributed by atoms with Gasteiger partial charge in [-0.2, -0.15) is 5.10 Å². The Balaban J connectivity index is 1.42. The molecule has 9 heteroatoms. The number of carbonyl (C=O) groups is 1. The predicted molar refractivity (Wildman–Crippen MR) is 117 cm³/mol. The molecule has 1 N–H and O–H groups in total. The van der Waals surface area contributed by atoms with E-state index in [2.05, 4.69) is 15.5 Å². The molecule has 1 aliphatic rings. The highest BCUT2D eigenvalue weighted by Crippen LogP contribution is 2.29. The molecule has 8 nitrogen and oxygen atoms in total. The van der Waals surface area contributed by atoms with Crippen LogP contribution < -0.4 is 5.32 Å². The molecule has 4 aromatic rings. The van der Waals surface area contributed by atoms with Gasteiger partial charge in [0.1, 0.15) is 17.8 Å². The molecule has 0 unspecified atom stereocenters. The lowest BCUT2D eigenvalue weighted by molar-refractivity contribution is 0.205. The van der Waals surface area contributed by atoms with Gasteiger partial charge in [0, 0.05) is 31.3 Å². The van der Waals surface area contributed by atoms with Crippen molar-refractivity contribution < 1.29 is 9.18 Å². The molecule has 2 amide bonds. The first-order valence-corrected chi connectivity index (χ1v) is 10.4. The second kappa shape index (κ2) is 8.26. The van der Waals surface area contributed by atoms with Gasteiger partial charge in [-0.25, -0.2) is 9.18 Å². The lowest BCUT2D eigenvalue weighted by Gasteiger charge is -2.28. The number of halogens is 1. The van der Waals surface area contributed by atoms with Gasteiger partial charge in [-0.1, -0.05) is 42.5 Å². The number of hydrogen-bond acceptors (Lipinski definition) is 4. The quantitative estimate of drug-likeness (QED) is 0.537. The van der Waals surface area contributed by atoms with Crippen molar-refractivity contribution in [2.75, 3.05) is 11.9 Å². The van der Waals surface area contributed by atoms with Crippen molar-refractivity contribution in [3.63, 3.8) is 0 Å². The summed E-state index contributed by atoms with van der Waals surface area (Å²) < 4.78 is 17.8. The van der Waals surface area contributed by atoms with E-state index in [0.717, 1.165) is 16.8 Å². The van der Waals surface area contributed by atoms with Gasteiger partial charge in [0.2, 0.25) is 0 Å². The van der Waals surface area contributed by atoms with Crippen molar-refractivity contribution in [2.45, 2.75) is 19.5 Å². The standard InChI is InChI=1S/C23H22FN7O/c1-29-20-11-12-30(23(32)26-19-10-6-5-9-18(19)24)14-17(20)21(28-29)22-27-25-15-31(22)13-16-7-3-2-4-8-16/h2-10,15H,11-14H2,1H3,(H,26,32). The highest BCUT2D eigenvalue weighted by molar-refractivity contribution is 5.89. The van der Waals surface area contributed by atoms with E-state index in [1.807, 2.05) is 46.6 Å². The fourth-order valence-corrected chi connectivity index (χ4v) is 4.04. The van der Waals surface area contributed by atoms with Crippen LogP contribution in [0.2, 0.25) is 0 Å². The Labute approximate surface area is 184 Å². The zero-order valence-electron chi connectivity index (χ0n) is 17.6. The van der Waals surface area contributed by atoms with Gasteiger partial charge in [-0.3, -0.25) is 4.68 Å². The maximum atomic E-state index is 14.0. The zero-order chi connectivity index (χ0) is 22.1. The zero-order valence-corrected chi connectivity index (χ0v) is 17.6. The van der Waals surface area contributed by atoms with Crippen LogP contribution in [0.4, 0.5) is 14.9 Å². The number of para-hydroxylation sites is 1. The third kappa shape index (κ3) is 3.73. The van der Waals surface area contributed by atoms with Crippen LogP contribution in [-0.4, -0.2) is 42.0 Å². The topological polar surface area (TPSA) is 80.9 Å². The van der Waals surface area contributed by atoms with E-state index in [4.69, 9.17) is 5.10 Å². The van der Waals surface area contributed by atoms with Gasteiger partial charge < -0.3 is 14.8 Å². The summed E-state index contributed by atoms with van der Waals surface area (Å²) in [5.74, 6) is 0.191. The van der Waals surface area contributed by atoms with Crippen LogP contribution in [0.5, 0.6) is 0 Å². The Morgan fingerprint density at radius 2 is 1.91 bits per heavy atom. The van der Waals surface area contributed by atoms with Crippen molar-refractivity contribution >= 4 is 11.7 Å². The van der Waals surface area contributed by atoms with Gasteiger partial charge in [0.25, 0.3) is 0 Å². The van der Waals surface area contributed by atoms with E-state index in [1.165, 1.54) is 6.07 Å². The Bertz CT molecular complexity index is 1260. The first-order chi connectivity index (χ1) is 15.6. The molecule has 32 heavy (non-hydrogen) atoms. The summed E-state index contributed by atoms with van der Waals surface area (Å²) in [6, 6.07) is 15.9. The fourth-order valence-electron chi connectivity index (χ4n) is 4.04. The van der Waals surface area contributed by atoms with E-state index < -0.39 is 5.82 Å². The molecule has 0 saturated heterocycles. The molecule has 0 saturated carbocycles. The summed E-state index contributed by atoms with van der Waals surface area (Å²) in [4.78, 5) is 14.5. The molecular weight excluding hydrogens is 409 g/mol. The molecule has 1 aliphatic heterocycles. The van der Waals surface area contributed by atoms with E-state index >= 15 is 0 Å². The van der Waals surface area contributed by atoms with Crippen LogP contribution in [0.1, 0.15) is 16.8 Å². The van der Waals surface area contributed by atoms with Crippen molar-refractivity contribution in [1.82, 2.24) is 29.4 Å². The molecule has 0 aliphatic carbocycles. The van der Waals surface area contributed by atoms with Crippen LogP contribution in [0, 0.1) is 5.82 Å². The number of anilines is 1. The van der Waals surface area contributed by atoms with Crippen LogP contribution >= 0.6 is 0 Å². The number of rotatable bonds is 4. The van der Waals surface area contributed by atoms with E-state index in [9.17, 15) is 9.18 Å². The average molecular weight is 431 g/mol. The van der Waals surface area contributed by atoms with Gasteiger partial charge >= 0.3 is 6.03 Å². The lowest BCUT2D eigenvalue weighted by Crippen LogP contribution is -2.39. The molecule has 2 aromatic heterocycles. The summed E-state index contributed by atoms with van der Waals surface area (Å²) >= 11 is 0. The second-order valence-electron chi connectivity index (χ2n) is 7.75. The predicted octanol–water partition coefficient (Wildman–Crippen LogP) is 3.46. The smallest absolute Gasteiger partial charge is 0.320 e. The summed E-state index contributed by atoms with van der Waals surface area (Å²) in [5, 5.41) is 15.8. The third-order valence-electron chi connectivity index (χ3n) is 5.67. The van der Waals surface area contributed by atoms with Crippen molar-refractivity contribution in [3.8, 4) is 11.5 Å². The van der Waals surface area contributed by atoms with E-state index in [0.29, 0.717) is 37.6 Å². The van der Waals surface area contributed by atoms with Crippen LogP contribution in [0.25, 0.3) is 11.5 Å². The van der Waals surface area contributed by atoms with Gasteiger partial charge in [0.05, 0.1) is 18.8 Å². The molecule has 2 aromatic carbocycles. The number of fused-ring (bicyclic) bond motifs is 1.